The Morgan fingerprint density at radius 3 is 2.61 bits per heavy atom. The number of nitrogens with zero attached hydrogens (tertiary/aromatic N) is 2. The van der Waals surface area contributed by atoms with Crippen molar-refractivity contribution in [1.82, 2.24) is 14.6 Å². The van der Waals surface area contributed by atoms with Gasteiger partial charge in [0, 0.05) is 32.5 Å². The van der Waals surface area contributed by atoms with Gasteiger partial charge in [-0.3, -0.25) is 14.5 Å². The normalized spacial score (nSPS) is 16.9. The Morgan fingerprint density at radius 2 is 1.95 bits per heavy atom. The van der Waals surface area contributed by atoms with Gasteiger partial charge in [0.2, 0.25) is 5.91 Å². The second kappa shape index (κ2) is 15.3. The highest BCUT2D eigenvalue weighted by Gasteiger charge is 2.24. The van der Waals surface area contributed by atoms with Gasteiger partial charge in [-0.2, -0.15) is 0 Å². The van der Waals surface area contributed by atoms with Crippen molar-refractivity contribution < 1.29 is 28.4 Å². The Balaban J connectivity index is 0.000000934. The number of aryl methyl sites for hydroxylation is 1. The summed E-state index contributed by atoms with van der Waals surface area (Å²) in [7, 11) is 0.186. The van der Waals surface area contributed by atoms with Gasteiger partial charge in [-0.1, -0.05) is 24.2 Å². The largest absolute Gasteiger partial charge is 0.495 e. The van der Waals surface area contributed by atoms with E-state index in [1.165, 1.54) is 11.3 Å². The maximum Gasteiger partial charge on any atom is 0.300 e. The monoisotopic (exact) mass is 566 g/mol. The van der Waals surface area contributed by atoms with E-state index in [0.717, 1.165) is 88.0 Å². The van der Waals surface area contributed by atoms with Gasteiger partial charge in [0.1, 0.15) is 16.7 Å². The van der Waals surface area contributed by atoms with Crippen LogP contribution in [0.5, 0.6) is 5.75 Å². The molecule has 2 aliphatic rings. The van der Waals surface area contributed by atoms with E-state index in [1.807, 2.05) is 25.1 Å². The first-order valence-corrected chi connectivity index (χ1v) is 14.9. The highest BCUT2D eigenvalue weighted by Crippen LogP contribution is 2.36. The number of aliphatic carboxylic acids is 1. The van der Waals surface area contributed by atoms with Crippen LogP contribution in [0.25, 0.3) is 10.4 Å². The van der Waals surface area contributed by atoms with E-state index in [0.29, 0.717) is 22.3 Å². The molecule has 3 N–H and O–H groups in total. The van der Waals surface area contributed by atoms with Gasteiger partial charge in [-0.05, 0) is 56.5 Å². The molecule has 1 amide bonds. The molecule has 12 heteroatoms. The number of carboxylic acid groups (broad SMARTS) is 1. The molecule has 0 spiro atoms. The first-order chi connectivity index (χ1) is 18.3. The first kappa shape index (κ1) is 30.2. The van der Waals surface area contributed by atoms with E-state index in [9.17, 15) is 9.00 Å². The molecule has 1 saturated carbocycles. The van der Waals surface area contributed by atoms with Crippen LogP contribution < -0.4 is 14.8 Å². The summed E-state index contributed by atoms with van der Waals surface area (Å²) in [6.45, 7) is 8.10. The van der Waals surface area contributed by atoms with Crippen molar-refractivity contribution in [3.63, 3.8) is 0 Å². The van der Waals surface area contributed by atoms with E-state index in [4.69, 9.17) is 19.4 Å². The van der Waals surface area contributed by atoms with Crippen molar-refractivity contribution >= 4 is 39.3 Å². The molecule has 1 atom stereocenters. The fourth-order valence-corrected chi connectivity index (χ4v) is 6.47. The number of aromatic nitrogens is 1. The molecule has 2 aromatic rings. The predicted molar refractivity (Wildman–Crippen MR) is 149 cm³/mol. The molecule has 4 rings (SSSR count). The fraction of sp³-hybridized carbons (Fsp3) is 0.577. The lowest BCUT2D eigenvalue weighted by Gasteiger charge is -2.26. The minimum Gasteiger partial charge on any atom is -0.495 e. The molecule has 1 aromatic heterocycles. The summed E-state index contributed by atoms with van der Waals surface area (Å²) in [5.41, 5.74) is 1.75. The predicted octanol–water partition coefficient (Wildman–Crippen LogP) is 3.68. The summed E-state index contributed by atoms with van der Waals surface area (Å²) in [5, 5.41) is 11.0. The van der Waals surface area contributed by atoms with Gasteiger partial charge in [0.25, 0.3) is 5.97 Å². The molecule has 210 valence electrons. The number of carbonyl (C=O) groups excluding carboxylic acids is 1. The molecular formula is C26H38N4O6S2. The summed E-state index contributed by atoms with van der Waals surface area (Å²) < 4.78 is 27.1. The van der Waals surface area contributed by atoms with Crippen LogP contribution in [0, 0.1) is 12.8 Å². The molecule has 1 aliphatic heterocycles. The zero-order valence-corrected chi connectivity index (χ0v) is 23.9. The van der Waals surface area contributed by atoms with E-state index in [-0.39, 0.29) is 11.8 Å². The van der Waals surface area contributed by atoms with Crippen LogP contribution in [0.2, 0.25) is 0 Å². The lowest BCUT2D eigenvalue weighted by Crippen LogP contribution is -2.37. The smallest absolute Gasteiger partial charge is 0.300 e. The molecule has 1 aromatic carbocycles. The van der Waals surface area contributed by atoms with E-state index < -0.39 is 17.0 Å². The van der Waals surface area contributed by atoms with Crippen LogP contribution >= 0.6 is 11.3 Å². The van der Waals surface area contributed by atoms with Crippen LogP contribution in [0.3, 0.4) is 0 Å². The third-order valence-electron chi connectivity index (χ3n) is 6.37. The van der Waals surface area contributed by atoms with Crippen molar-refractivity contribution in [3.8, 4) is 16.2 Å². The topological polar surface area (TPSA) is 130 Å². The molecule has 1 aliphatic carbocycles. The van der Waals surface area contributed by atoms with Gasteiger partial charge in [-0.15, -0.1) is 0 Å². The summed E-state index contributed by atoms with van der Waals surface area (Å²) in [6.07, 6.45) is 5.05. The highest BCUT2D eigenvalue weighted by atomic mass is 32.2. The first-order valence-electron chi connectivity index (χ1n) is 12.9. The number of methoxy groups -OCH3 is 1. The van der Waals surface area contributed by atoms with Crippen LogP contribution in [0.1, 0.15) is 44.7 Å². The van der Waals surface area contributed by atoms with Crippen LogP contribution in [-0.2, 0) is 25.3 Å². The van der Waals surface area contributed by atoms with Crippen molar-refractivity contribution in [2.45, 2.75) is 50.8 Å². The number of thiazole rings is 1. The van der Waals surface area contributed by atoms with Crippen LogP contribution in [0.15, 0.2) is 23.1 Å². The van der Waals surface area contributed by atoms with Crippen molar-refractivity contribution in [2.75, 3.05) is 51.8 Å². The van der Waals surface area contributed by atoms with Crippen LogP contribution in [0.4, 0.5) is 5.13 Å². The minimum absolute atomic E-state index is 0.0654. The Morgan fingerprint density at radius 1 is 1.26 bits per heavy atom. The average molecular weight is 567 g/mol. The van der Waals surface area contributed by atoms with Gasteiger partial charge >= 0.3 is 0 Å². The average Bonchev–Trinajstić information content (AvgIpc) is 3.56. The van der Waals surface area contributed by atoms with Gasteiger partial charge in [-0.25, -0.2) is 13.9 Å². The number of rotatable bonds is 10. The molecule has 38 heavy (non-hydrogen) atoms. The Bertz CT molecular complexity index is 1090. The molecule has 1 saturated heterocycles. The molecular weight excluding hydrogens is 528 g/mol. The number of hydrogen-bond donors (Lipinski definition) is 3. The molecule has 0 bridgehead atoms. The number of ether oxygens (including phenoxy) is 2. The molecule has 1 unspecified atom stereocenters. The number of carboxylic acids is 1. The maximum absolute atomic E-state index is 13.1. The Kier molecular flexibility index (Phi) is 12.1. The number of nitrogens with one attached hydrogen (secondary N) is 2. The van der Waals surface area contributed by atoms with E-state index in [2.05, 4.69) is 19.9 Å². The number of carbonyl (C=O) groups is 2. The summed E-state index contributed by atoms with van der Waals surface area (Å²) in [6, 6.07) is 5.68. The second-order valence-electron chi connectivity index (χ2n) is 9.26. The lowest BCUT2D eigenvalue weighted by atomic mass is 10.1. The second-order valence-corrected chi connectivity index (χ2v) is 11.5. The number of hydrogen-bond acceptors (Lipinski definition) is 8. The minimum atomic E-state index is -1.40. The third kappa shape index (κ3) is 9.12. The van der Waals surface area contributed by atoms with Crippen LogP contribution in [-0.4, -0.2) is 77.6 Å². The van der Waals surface area contributed by atoms with Crippen molar-refractivity contribution in [3.05, 3.63) is 23.9 Å². The number of benzene rings is 1. The fourth-order valence-electron chi connectivity index (χ4n) is 4.45. The highest BCUT2D eigenvalue weighted by molar-refractivity contribution is 7.83. The maximum atomic E-state index is 13.1. The van der Waals surface area contributed by atoms with Gasteiger partial charge in [0.15, 0.2) is 5.13 Å². The summed E-state index contributed by atoms with van der Waals surface area (Å²) >= 11 is 1.45. The third-order valence-corrected chi connectivity index (χ3v) is 8.67. The van der Waals surface area contributed by atoms with Crippen molar-refractivity contribution in [2.24, 2.45) is 5.92 Å². The Labute approximate surface area is 230 Å². The molecule has 2 heterocycles. The SMILES string of the molecule is CC(=O)O.COc1ccc(-c2sc(NC(=O)C3CCCC3)nc2C)cc1S(=O)NCCCN1CCOCC1. The molecule has 2 fully saturated rings. The standard InChI is InChI=1S/C24H34N4O4S2.C2H4O2/c1-17-22(33-24(26-17)27-23(29)18-6-3-4-7-18)19-8-9-20(31-2)21(16-19)34(30)25-10-5-11-28-12-14-32-15-13-28;1-2(3)4/h8-9,16,18,25H,3-7,10-15H2,1-2H3,(H,26,27,29);1H3,(H,3,4). The Hall–Kier alpha value is -2.38. The zero-order chi connectivity index (χ0) is 27.5. The molecule has 10 nitrogen and oxygen atoms in total. The molecule has 0 radical (unpaired) electrons. The van der Waals surface area contributed by atoms with Crippen molar-refractivity contribution in [1.29, 1.82) is 0 Å². The number of amides is 1. The summed E-state index contributed by atoms with van der Waals surface area (Å²) in [4.78, 5) is 30.0. The summed E-state index contributed by atoms with van der Waals surface area (Å²) in [5.74, 6) is -0.0905. The van der Waals surface area contributed by atoms with Gasteiger partial charge in [0.05, 0.1) is 35.8 Å². The lowest BCUT2D eigenvalue weighted by molar-refractivity contribution is -0.134. The van der Waals surface area contributed by atoms with E-state index in [1.54, 1.807) is 7.11 Å². The van der Waals surface area contributed by atoms with E-state index >= 15 is 0 Å². The number of anilines is 1. The van der Waals surface area contributed by atoms with Gasteiger partial charge < -0.3 is 19.9 Å². The quantitative estimate of drug-likeness (QED) is 0.372. The number of morpholine rings is 1. The zero-order valence-electron chi connectivity index (χ0n) is 22.3.